The maximum atomic E-state index is 12.8. The molecule has 1 N–H and O–H groups in total. The number of aryl methyl sites for hydroxylation is 1. The number of hydrogen-bond donors (Lipinski definition) is 1. The highest BCUT2D eigenvalue weighted by molar-refractivity contribution is 6.02. The van der Waals surface area contributed by atoms with Crippen LogP contribution < -0.4 is 5.56 Å². The molecule has 0 unspecified atom stereocenters. The van der Waals surface area contributed by atoms with E-state index in [9.17, 15) is 9.90 Å². The van der Waals surface area contributed by atoms with Crippen molar-refractivity contribution >= 4 is 17.0 Å². The average molecular weight is 356 g/mol. The van der Waals surface area contributed by atoms with E-state index in [1.54, 1.807) is 25.1 Å². The standard InChI is InChI=1S/C21H16N4O2/c1-14-23-24-20(16-8-3-2-4-9-16)21(27)25(14)22-13-18-17-10-6-5-7-15(17)11-12-19(18)26/h2-13,26H,1H3/b22-13-. The molecular weight excluding hydrogens is 340 g/mol. The fraction of sp³-hybridized carbons (Fsp3) is 0.0476. The van der Waals surface area contributed by atoms with Gasteiger partial charge in [0.25, 0.3) is 0 Å². The molecule has 132 valence electrons. The first-order valence-electron chi connectivity index (χ1n) is 8.42. The van der Waals surface area contributed by atoms with Crippen molar-refractivity contribution in [3.8, 4) is 17.0 Å². The SMILES string of the molecule is Cc1nnc(-c2ccccc2)c(=O)n1/N=C\c1c(O)ccc2ccccc12. The maximum absolute atomic E-state index is 12.8. The van der Waals surface area contributed by atoms with Gasteiger partial charge in [0.2, 0.25) is 0 Å². The Morgan fingerprint density at radius 3 is 2.52 bits per heavy atom. The molecule has 0 saturated heterocycles. The zero-order valence-corrected chi connectivity index (χ0v) is 14.6. The van der Waals surface area contributed by atoms with Crippen molar-refractivity contribution in [2.45, 2.75) is 6.92 Å². The first kappa shape index (κ1) is 16.7. The Kier molecular flexibility index (Phi) is 4.22. The van der Waals surface area contributed by atoms with Crippen molar-refractivity contribution in [3.05, 3.63) is 88.5 Å². The molecule has 0 aliphatic heterocycles. The molecule has 0 fully saturated rings. The summed E-state index contributed by atoms with van der Waals surface area (Å²) in [5.74, 6) is 0.448. The Morgan fingerprint density at radius 1 is 0.963 bits per heavy atom. The molecular formula is C21H16N4O2. The molecule has 0 radical (unpaired) electrons. The van der Waals surface area contributed by atoms with Crippen LogP contribution >= 0.6 is 0 Å². The van der Waals surface area contributed by atoms with Gasteiger partial charge in [-0.1, -0.05) is 60.7 Å². The predicted molar refractivity (Wildman–Crippen MR) is 105 cm³/mol. The lowest BCUT2D eigenvalue weighted by Gasteiger charge is -2.07. The number of hydrogen-bond acceptors (Lipinski definition) is 5. The fourth-order valence-electron chi connectivity index (χ4n) is 2.90. The number of aromatic hydroxyl groups is 1. The van der Waals surface area contributed by atoms with E-state index in [4.69, 9.17) is 0 Å². The minimum Gasteiger partial charge on any atom is -0.507 e. The molecule has 1 aromatic heterocycles. The van der Waals surface area contributed by atoms with Crippen LogP contribution in [0.2, 0.25) is 0 Å². The molecule has 0 atom stereocenters. The van der Waals surface area contributed by atoms with Gasteiger partial charge >= 0.3 is 5.56 Å². The van der Waals surface area contributed by atoms with Crippen LogP contribution in [0.25, 0.3) is 22.0 Å². The van der Waals surface area contributed by atoms with Crippen molar-refractivity contribution in [2.24, 2.45) is 5.10 Å². The van der Waals surface area contributed by atoms with Crippen LogP contribution in [0.5, 0.6) is 5.75 Å². The molecule has 6 heteroatoms. The third-order valence-corrected chi connectivity index (χ3v) is 4.29. The van der Waals surface area contributed by atoms with Crippen LogP contribution in [0.3, 0.4) is 0 Å². The molecule has 0 amide bonds. The molecule has 4 aromatic rings. The normalized spacial score (nSPS) is 11.3. The minimum absolute atomic E-state index is 0.0912. The molecule has 0 aliphatic carbocycles. The van der Waals surface area contributed by atoms with Crippen LogP contribution in [-0.4, -0.2) is 26.2 Å². The van der Waals surface area contributed by atoms with Crippen molar-refractivity contribution < 1.29 is 5.11 Å². The van der Waals surface area contributed by atoms with Crippen molar-refractivity contribution in [1.82, 2.24) is 14.9 Å². The molecule has 6 nitrogen and oxygen atoms in total. The summed E-state index contributed by atoms with van der Waals surface area (Å²) in [6.45, 7) is 1.66. The zero-order valence-electron chi connectivity index (χ0n) is 14.6. The predicted octanol–water partition coefficient (Wildman–Crippen LogP) is 3.35. The van der Waals surface area contributed by atoms with Gasteiger partial charge < -0.3 is 5.11 Å². The summed E-state index contributed by atoms with van der Waals surface area (Å²) in [6.07, 6.45) is 1.47. The first-order chi connectivity index (χ1) is 13.1. The molecule has 4 rings (SSSR count). The van der Waals surface area contributed by atoms with Gasteiger partial charge in [-0.05, 0) is 23.8 Å². The highest BCUT2D eigenvalue weighted by atomic mass is 16.3. The number of rotatable bonds is 3. The van der Waals surface area contributed by atoms with Crippen LogP contribution in [0.15, 0.2) is 76.6 Å². The van der Waals surface area contributed by atoms with Gasteiger partial charge in [0.15, 0.2) is 11.5 Å². The summed E-state index contributed by atoms with van der Waals surface area (Å²) in [5, 5.41) is 24.4. The van der Waals surface area contributed by atoms with Crippen molar-refractivity contribution in [2.75, 3.05) is 0 Å². The van der Waals surface area contributed by atoms with Gasteiger partial charge in [0.05, 0.1) is 6.21 Å². The molecule has 1 heterocycles. The number of benzene rings is 3. The van der Waals surface area contributed by atoms with Gasteiger partial charge in [-0.2, -0.15) is 9.78 Å². The number of phenols is 1. The van der Waals surface area contributed by atoms with Crippen molar-refractivity contribution in [3.63, 3.8) is 0 Å². The second kappa shape index (κ2) is 6.84. The minimum atomic E-state index is -0.371. The molecule has 27 heavy (non-hydrogen) atoms. The van der Waals surface area contributed by atoms with E-state index in [0.717, 1.165) is 10.8 Å². The Hall–Kier alpha value is -3.80. The second-order valence-electron chi connectivity index (χ2n) is 6.04. The lowest BCUT2D eigenvalue weighted by molar-refractivity contribution is 0.475. The summed E-state index contributed by atoms with van der Waals surface area (Å²) >= 11 is 0. The largest absolute Gasteiger partial charge is 0.507 e. The van der Waals surface area contributed by atoms with Gasteiger partial charge in [0.1, 0.15) is 5.75 Å². The Bertz CT molecular complexity index is 1210. The van der Waals surface area contributed by atoms with Gasteiger partial charge in [-0.25, -0.2) is 0 Å². The third kappa shape index (κ3) is 3.08. The lowest BCUT2D eigenvalue weighted by Crippen LogP contribution is -2.24. The summed E-state index contributed by atoms with van der Waals surface area (Å²) in [6, 6.07) is 20.2. The van der Waals surface area contributed by atoms with E-state index < -0.39 is 0 Å². The van der Waals surface area contributed by atoms with Gasteiger partial charge in [0, 0.05) is 11.1 Å². The molecule has 0 spiro atoms. The summed E-state index contributed by atoms with van der Waals surface area (Å²) < 4.78 is 1.19. The molecule has 0 bridgehead atoms. The Morgan fingerprint density at radius 2 is 1.70 bits per heavy atom. The molecule has 0 saturated carbocycles. The van der Waals surface area contributed by atoms with E-state index in [1.807, 2.05) is 48.5 Å². The lowest BCUT2D eigenvalue weighted by atomic mass is 10.0. The van der Waals surface area contributed by atoms with Crippen molar-refractivity contribution in [1.29, 1.82) is 0 Å². The molecule has 0 aliphatic rings. The van der Waals surface area contributed by atoms with Crippen LogP contribution in [0.1, 0.15) is 11.4 Å². The second-order valence-corrected chi connectivity index (χ2v) is 6.04. The van der Waals surface area contributed by atoms with E-state index in [2.05, 4.69) is 15.3 Å². The summed E-state index contributed by atoms with van der Waals surface area (Å²) in [5.41, 5.74) is 1.06. The summed E-state index contributed by atoms with van der Waals surface area (Å²) in [7, 11) is 0. The van der Waals surface area contributed by atoms with E-state index in [1.165, 1.54) is 10.9 Å². The Balaban J connectivity index is 1.85. The smallest absolute Gasteiger partial charge is 0.301 e. The highest BCUT2D eigenvalue weighted by Gasteiger charge is 2.11. The monoisotopic (exact) mass is 356 g/mol. The summed E-state index contributed by atoms with van der Waals surface area (Å²) in [4.78, 5) is 12.8. The topological polar surface area (TPSA) is 80.4 Å². The number of nitrogens with zero attached hydrogens (tertiary/aromatic N) is 4. The maximum Gasteiger partial charge on any atom is 0.301 e. The zero-order chi connectivity index (χ0) is 18.8. The third-order valence-electron chi connectivity index (χ3n) is 4.29. The number of fused-ring (bicyclic) bond motifs is 1. The van der Waals surface area contributed by atoms with Gasteiger partial charge in [-0.3, -0.25) is 4.79 Å². The van der Waals surface area contributed by atoms with Crippen LogP contribution in [0.4, 0.5) is 0 Å². The van der Waals surface area contributed by atoms with E-state index in [0.29, 0.717) is 17.0 Å². The number of aromatic nitrogens is 3. The number of phenolic OH excluding ortho intramolecular Hbond substituents is 1. The van der Waals surface area contributed by atoms with Gasteiger partial charge in [-0.15, -0.1) is 10.2 Å². The fourth-order valence-corrected chi connectivity index (χ4v) is 2.90. The molecule has 3 aromatic carbocycles. The van der Waals surface area contributed by atoms with E-state index in [-0.39, 0.29) is 17.0 Å². The highest BCUT2D eigenvalue weighted by Crippen LogP contribution is 2.25. The first-order valence-corrected chi connectivity index (χ1v) is 8.42. The average Bonchev–Trinajstić information content (AvgIpc) is 2.70. The van der Waals surface area contributed by atoms with E-state index >= 15 is 0 Å². The Labute approximate surface area is 155 Å². The van der Waals surface area contributed by atoms with Crippen LogP contribution in [-0.2, 0) is 0 Å². The van der Waals surface area contributed by atoms with Crippen LogP contribution in [0, 0.1) is 6.92 Å². The quantitative estimate of drug-likeness (QED) is 0.571.